The second kappa shape index (κ2) is 5.31. The van der Waals surface area contributed by atoms with E-state index < -0.39 is 5.60 Å². The number of hydrogen-bond acceptors (Lipinski definition) is 4. The van der Waals surface area contributed by atoms with Gasteiger partial charge in [0.15, 0.2) is 5.75 Å². The summed E-state index contributed by atoms with van der Waals surface area (Å²) in [5, 5.41) is 4.03. The SMILES string of the molecule is CCOC(C)(CC)C(=O)c1c(OC)cnn1C. The first-order valence-corrected chi connectivity index (χ1v) is 5.74. The van der Waals surface area contributed by atoms with Gasteiger partial charge in [-0.25, -0.2) is 0 Å². The van der Waals surface area contributed by atoms with Gasteiger partial charge in [-0.15, -0.1) is 0 Å². The molecule has 0 saturated carbocycles. The number of carbonyl (C=O) groups is 1. The number of rotatable bonds is 6. The fourth-order valence-electron chi connectivity index (χ4n) is 1.72. The Balaban J connectivity index is 3.14. The Morgan fingerprint density at radius 1 is 1.53 bits per heavy atom. The van der Waals surface area contributed by atoms with Crippen molar-refractivity contribution < 1.29 is 14.3 Å². The number of carbonyl (C=O) groups excluding carboxylic acids is 1. The molecule has 1 aromatic rings. The van der Waals surface area contributed by atoms with Gasteiger partial charge in [-0.05, 0) is 20.3 Å². The number of methoxy groups -OCH3 is 1. The molecule has 0 fully saturated rings. The van der Waals surface area contributed by atoms with E-state index in [1.54, 1.807) is 14.0 Å². The largest absolute Gasteiger partial charge is 0.493 e. The topological polar surface area (TPSA) is 53.4 Å². The van der Waals surface area contributed by atoms with Crippen molar-refractivity contribution in [1.82, 2.24) is 9.78 Å². The summed E-state index contributed by atoms with van der Waals surface area (Å²) >= 11 is 0. The Kier molecular flexibility index (Phi) is 4.28. The predicted octanol–water partition coefficient (Wildman–Crippen LogP) is 1.82. The first-order chi connectivity index (χ1) is 8.00. The Labute approximate surface area is 102 Å². The highest BCUT2D eigenvalue weighted by Crippen LogP contribution is 2.26. The van der Waals surface area contributed by atoms with Crippen molar-refractivity contribution in [3.05, 3.63) is 11.9 Å². The van der Waals surface area contributed by atoms with Crippen LogP contribution in [0.4, 0.5) is 0 Å². The van der Waals surface area contributed by atoms with Crippen molar-refractivity contribution in [2.24, 2.45) is 7.05 Å². The number of aryl methyl sites for hydroxylation is 1. The molecule has 1 unspecified atom stereocenters. The van der Waals surface area contributed by atoms with Gasteiger partial charge < -0.3 is 9.47 Å². The van der Waals surface area contributed by atoms with Crippen molar-refractivity contribution in [3.8, 4) is 5.75 Å². The fourth-order valence-corrected chi connectivity index (χ4v) is 1.72. The molecule has 0 amide bonds. The first kappa shape index (κ1) is 13.7. The zero-order valence-electron chi connectivity index (χ0n) is 11.1. The number of ether oxygens (including phenoxy) is 2. The molecular formula is C12H20N2O3. The molecule has 0 aromatic carbocycles. The summed E-state index contributed by atoms with van der Waals surface area (Å²) in [6.45, 7) is 6.10. The summed E-state index contributed by atoms with van der Waals surface area (Å²) in [5.74, 6) is 0.385. The summed E-state index contributed by atoms with van der Waals surface area (Å²) < 4.78 is 12.2. The molecule has 0 aliphatic carbocycles. The maximum Gasteiger partial charge on any atom is 0.216 e. The van der Waals surface area contributed by atoms with Crippen molar-refractivity contribution in [1.29, 1.82) is 0 Å². The van der Waals surface area contributed by atoms with Gasteiger partial charge in [-0.3, -0.25) is 9.48 Å². The molecule has 5 heteroatoms. The lowest BCUT2D eigenvalue weighted by Crippen LogP contribution is -2.39. The van der Waals surface area contributed by atoms with Crippen LogP contribution in [0, 0.1) is 0 Å². The van der Waals surface area contributed by atoms with Gasteiger partial charge in [0.05, 0.1) is 13.3 Å². The van der Waals surface area contributed by atoms with Crippen molar-refractivity contribution in [2.75, 3.05) is 13.7 Å². The predicted molar refractivity (Wildman–Crippen MR) is 64.4 cm³/mol. The van der Waals surface area contributed by atoms with Crippen LogP contribution in [0.3, 0.4) is 0 Å². The maximum absolute atomic E-state index is 12.5. The molecule has 0 bridgehead atoms. The fraction of sp³-hybridized carbons (Fsp3) is 0.667. The maximum atomic E-state index is 12.5. The number of Topliss-reactive ketones (excluding diaryl/α,β-unsaturated/α-hetero) is 1. The highest BCUT2D eigenvalue weighted by atomic mass is 16.5. The smallest absolute Gasteiger partial charge is 0.216 e. The Hall–Kier alpha value is -1.36. The molecule has 0 aliphatic rings. The van der Waals surface area contributed by atoms with Gasteiger partial charge in [-0.2, -0.15) is 5.10 Å². The monoisotopic (exact) mass is 240 g/mol. The molecule has 0 saturated heterocycles. The zero-order chi connectivity index (χ0) is 13.1. The summed E-state index contributed by atoms with van der Waals surface area (Å²) in [4.78, 5) is 12.5. The van der Waals surface area contributed by atoms with Gasteiger partial charge in [0.25, 0.3) is 0 Å². The van der Waals surface area contributed by atoms with Gasteiger partial charge in [-0.1, -0.05) is 6.92 Å². The van der Waals surface area contributed by atoms with Crippen molar-refractivity contribution in [2.45, 2.75) is 32.8 Å². The van der Waals surface area contributed by atoms with Crippen LogP contribution in [0.1, 0.15) is 37.7 Å². The third-order valence-corrected chi connectivity index (χ3v) is 2.96. The lowest BCUT2D eigenvalue weighted by molar-refractivity contribution is -0.0124. The summed E-state index contributed by atoms with van der Waals surface area (Å²) in [6.07, 6.45) is 2.14. The van der Waals surface area contributed by atoms with Crippen LogP contribution in [0.5, 0.6) is 5.75 Å². The van der Waals surface area contributed by atoms with Gasteiger partial charge in [0.2, 0.25) is 5.78 Å². The molecule has 0 spiro atoms. The second-order valence-electron chi connectivity index (χ2n) is 4.03. The first-order valence-electron chi connectivity index (χ1n) is 5.74. The summed E-state index contributed by atoms with van der Waals surface area (Å²) in [5.41, 5.74) is -0.374. The Bertz CT molecular complexity index is 400. The van der Waals surface area contributed by atoms with E-state index in [0.717, 1.165) is 0 Å². The Morgan fingerprint density at radius 2 is 2.18 bits per heavy atom. The van der Waals surface area contributed by atoms with Gasteiger partial charge >= 0.3 is 0 Å². The molecule has 1 rings (SSSR count). The summed E-state index contributed by atoms with van der Waals surface area (Å²) in [6, 6.07) is 0. The van der Waals surface area contributed by atoms with E-state index in [1.165, 1.54) is 18.0 Å². The highest BCUT2D eigenvalue weighted by molar-refractivity contribution is 6.02. The number of aromatic nitrogens is 2. The molecule has 1 heterocycles. The zero-order valence-corrected chi connectivity index (χ0v) is 11.1. The molecule has 0 aliphatic heterocycles. The number of hydrogen-bond donors (Lipinski definition) is 0. The molecule has 0 N–H and O–H groups in total. The molecule has 1 aromatic heterocycles. The van der Waals surface area contributed by atoms with Gasteiger partial charge in [0, 0.05) is 13.7 Å². The minimum Gasteiger partial charge on any atom is -0.493 e. The van der Waals surface area contributed by atoms with Crippen molar-refractivity contribution in [3.63, 3.8) is 0 Å². The average molecular weight is 240 g/mol. The number of nitrogens with zero attached hydrogens (tertiary/aromatic N) is 2. The average Bonchev–Trinajstić information content (AvgIpc) is 2.69. The second-order valence-corrected chi connectivity index (χ2v) is 4.03. The van der Waals surface area contributed by atoms with Crippen LogP contribution >= 0.6 is 0 Å². The van der Waals surface area contributed by atoms with E-state index >= 15 is 0 Å². The molecule has 0 radical (unpaired) electrons. The number of ketones is 1. The molecular weight excluding hydrogens is 220 g/mol. The van der Waals surface area contributed by atoms with E-state index in [0.29, 0.717) is 24.5 Å². The Morgan fingerprint density at radius 3 is 2.65 bits per heavy atom. The van der Waals surface area contributed by atoms with Crippen LogP contribution in [-0.4, -0.2) is 34.9 Å². The van der Waals surface area contributed by atoms with E-state index in [9.17, 15) is 4.79 Å². The highest BCUT2D eigenvalue weighted by Gasteiger charge is 2.36. The normalized spacial score (nSPS) is 14.4. The van der Waals surface area contributed by atoms with Crippen LogP contribution in [0.25, 0.3) is 0 Å². The van der Waals surface area contributed by atoms with Crippen LogP contribution in [0.2, 0.25) is 0 Å². The van der Waals surface area contributed by atoms with E-state index in [4.69, 9.17) is 9.47 Å². The minimum absolute atomic E-state index is 0.0984. The lowest BCUT2D eigenvalue weighted by Gasteiger charge is -2.26. The molecule has 17 heavy (non-hydrogen) atoms. The van der Waals surface area contributed by atoms with E-state index in [-0.39, 0.29) is 5.78 Å². The third kappa shape index (κ3) is 2.49. The van der Waals surface area contributed by atoms with E-state index in [1.807, 2.05) is 13.8 Å². The molecule has 5 nitrogen and oxygen atoms in total. The lowest BCUT2D eigenvalue weighted by atomic mass is 9.94. The quantitative estimate of drug-likeness (QED) is 0.712. The standard InChI is InChI=1S/C12H20N2O3/c1-6-12(3,17-7-2)11(15)10-9(16-5)8-13-14(10)4/h8H,6-7H2,1-5H3. The van der Waals surface area contributed by atoms with E-state index in [2.05, 4.69) is 5.10 Å². The van der Waals surface area contributed by atoms with Crippen LogP contribution in [-0.2, 0) is 11.8 Å². The van der Waals surface area contributed by atoms with Gasteiger partial charge in [0.1, 0.15) is 11.3 Å². The molecule has 1 atom stereocenters. The minimum atomic E-state index is -0.824. The van der Waals surface area contributed by atoms with Crippen molar-refractivity contribution >= 4 is 5.78 Å². The third-order valence-electron chi connectivity index (χ3n) is 2.96. The molecule has 96 valence electrons. The van der Waals surface area contributed by atoms with Crippen LogP contribution in [0.15, 0.2) is 6.20 Å². The van der Waals surface area contributed by atoms with Crippen LogP contribution < -0.4 is 4.74 Å². The summed E-state index contributed by atoms with van der Waals surface area (Å²) in [7, 11) is 3.25.